The average molecular weight is 879 g/mol. The second-order valence-electron chi connectivity index (χ2n) is 18.8. The summed E-state index contributed by atoms with van der Waals surface area (Å²) >= 11 is 0. The Morgan fingerprint density at radius 3 is 1.18 bits per heavy atom. The number of amides is 1. The van der Waals surface area contributed by atoms with Gasteiger partial charge in [-0.25, -0.2) is 4.79 Å². The van der Waals surface area contributed by atoms with Crippen LogP contribution in [0.25, 0.3) is 0 Å². The zero-order chi connectivity index (χ0) is 45.6. The predicted molar refractivity (Wildman–Crippen MR) is 266 cm³/mol. The number of nitrogens with two attached hydrogens (primary N) is 3. The molecule has 0 saturated heterocycles. The maximum absolute atomic E-state index is 14.9. The first-order valence-corrected chi connectivity index (χ1v) is 27.0. The van der Waals surface area contributed by atoms with E-state index in [-0.39, 0.29) is 18.6 Å². The van der Waals surface area contributed by atoms with Gasteiger partial charge in [0.25, 0.3) is 0 Å². The van der Waals surface area contributed by atoms with E-state index in [0.29, 0.717) is 58.5 Å². The molecule has 0 aliphatic heterocycles. The molecule has 0 unspecified atom stereocenters. The molecule has 0 fully saturated rings. The van der Waals surface area contributed by atoms with Crippen LogP contribution in [0.3, 0.4) is 0 Å². The lowest BCUT2D eigenvalue weighted by Crippen LogP contribution is -2.65. The number of Topliss-reactive ketones (excluding diaryl/α,β-unsaturated/α-hetero) is 1. The summed E-state index contributed by atoms with van der Waals surface area (Å²) in [5.74, 6) is -2.09. The van der Waals surface area contributed by atoms with Gasteiger partial charge in [-0.2, -0.15) is 0 Å². The Kier molecular flexibility index (Phi) is 44.8. The highest BCUT2D eigenvalue weighted by molar-refractivity contribution is 6.10. The van der Waals surface area contributed by atoms with Crippen molar-refractivity contribution >= 4 is 17.7 Å². The first-order valence-electron chi connectivity index (χ1n) is 27.0. The van der Waals surface area contributed by atoms with E-state index in [1.807, 2.05) is 4.90 Å². The van der Waals surface area contributed by atoms with Crippen LogP contribution in [0.4, 0.5) is 0 Å². The van der Waals surface area contributed by atoms with Gasteiger partial charge in [-0.15, -0.1) is 0 Å². The first-order chi connectivity index (χ1) is 30.3. The molecular weight excluding hydrogens is 773 g/mol. The van der Waals surface area contributed by atoms with Crippen LogP contribution < -0.4 is 27.8 Å². The van der Waals surface area contributed by atoms with Crippen molar-refractivity contribution in [3.63, 3.8) is 0 Å². The molecule has 9 N–H and O–H groups in total. The number of rotatable bonds is 52. The summed E-state index contributed by atoms with van der Waals surface area (Å²) in [6.45, 7) is 8.72. The van der Waals surface area contributed by atoms with Gasteiger partial charge in [-0.3, -0.25) is 14.5 Å². The minimum Gasteiger partial charge on any atom is -0.480 e. The topological polar surface area (TPSA) is 177 Å². The lowest BCUT2D eigenvalue weighted by molar-refractivity contribution is -0.160. The molecule has 0 aliphatic carbocycles. The van der Waals surface area contributed by atoms with Crippen LogP contribution in [0, 0.1) is 0 Å². The summed E-state index contributed by atoms with van der Waals surface area (Å²) in [6.07, 6.45) is 43.1. The fraction of sp³-hybridized carbons (Fsp3) is 0.942. The van der Waals surface area contributed by atoms with Crippen molar-refractivity contribution in [2.24, 2.45) is 17.2 Å². The van der Waals surface area contributed by atoms with Crippen LogP contribution in [-0.2, 0) is 14.4 Å². The molecule has 0 aromatic rings. The van der Waals surface area contributed by atoms with E-state index >= 15 is 0 Å². The van der Waals surface area contributed by atoms with Crippen molar-refractivity contribution in [2.75, 3.05) is 45.8 Å². The van der Waals surface area contributed by atoms with E-state index in [9.17, 15) is 19.5 Å². The SMILES string of the molecule is CCCCCCCCCCCCCCCCCCN(CCCCCCCCCCCCCCCCCC)[C@@](CCC(N)=O)(C(=O)O)C(=O)[C@H](CCCNCCCN)NCCCN. The van der Waals surface area contributed by atoms with Crippen molar-refractivity contribution in [3.8, 4) is 0 Å². The molecule has 0 aliphatic rings. The molecule has 368 valence electrons. The van der Waals surface area contributed by atoms with Gasteiger partial charge in [0, 0.05) is 6.42 Å². The highest BCUT2D eigenvalue weighted by atomic mass is 16.4. The van der Waals surface area contributed by atoms with E-state index < -0.39 is 23.5 Å². The maximum atomic E-state index is 14.9. The average Bonchev–Trinajstić information content (AvgIpc) is 3.26. The molecule has 0 saturated carbocycles. The van der Waals surface area contributed by atoms with Gasteiger partial charge in [-0.05, 0) is 90.8 Å². The first kappa shape index (κ1) is 60.4. The quantitative estimate of drug-likeness (QED) is 0.0256. The van der Waals surface area contributed by atoms with Crippen molar-refractivity contribution in [2.45, 2.75) is 269 Å². The fourth-order valence-electron chi connectivity index (χ4n) is 9.06. The van der Waals surface area contributed by atoms with E-state index in [2.05, 4.69) is 24.5 Å². The zero-order valence-corrected chi connectivity index (χ0v) is 41.2. The Morgan fingerprint density at radius 2 is 0.839 bits per heavy atom. The van der Waals surface area contributed by atoms with E-state index in [4.69, 9.17) is 17.2 Å². The second-order valence-corrected chi connectivity index (χ2v) is 18.8. The van der Waals surface area contributed by atoms with E-state index in [0.717, 1.165) is 51.5 Å². The third kappa shape index (κ3) is 33.9. The van der Waals surface area contributed by atoms with Gasteiger partial charge in [0.05, 0.1) is 6.04 Å². The van der Waals surface area contributed by atoms with Gasteiger partial charge < -0.3 is 32.9 Å². The molecule has 2 atom stereocenters. The molecule has 0 aromatic heterocycles. The van der Waals surface area contributed by atoms with Gasteiger partial charge in [0.15, 0.2) is 11.3 Å². The van der Waals surface area contributed by atoms with Crippen LogP contribution in [-0.4, -0.2) is 85.1 Å². The lowest BCUT2D eigenvalue weighted by atomic mass is 9.81. The molecule has 0 radical (unpaired) electrons. The molecule has 0 heterocycles. The highest BCUT2D eigenvalue weighted by Gasteiger charge is 2.52. The summed E-state index contributed by atoms with van der Waals surface area (Å²) in [6, 6.07) is -0.666. The Bertz CT molecular complexity index is 966. The zero-order valence-electron chi connectivity index (χ0n) is 41.2. The number of nitrogens with one attached hydrogen (secondary N) is 2. The number of primary amides is 1. The summed E-state index contributed by atoms with van der Waals surface area (Å²) in [7, 11) is 0. The van der Waals surface area contributed by atoms with Crippen LogP contribution >= 0.6 is 0 Å². The largest absolute Gasteiger partial charge is 0.480 e. The second kappa shape index (κ2) is 46.0. The molecule has 0 rings (SSSR count). The lowest BCUT2D eigenvalue weighted by Gasteiger charge is -2.41. The molecule has 62 heavy (non-hydrogen) atoms. The summed E-state index contributed by atoms with van der Waals surface area (Å²) in [4.78, 5) is 42.7. The number of carbonyl (C=O) groups excluding carboxylic acids is 2. The molecule has 0 bridgehead atoms. The van der Waals surface area contributed by atoms with Gasteiger partial charge in [-0.1, -0.05) is 206 Å². The third-order valence-corrected chi connectivity index (χ3v) is 13.1. The van der Waals surface area contributed by atoms with Crippen molar-refractivity contribution in [1.82, 2.24) is 15.5 Å². The number of carbonyl (C=O) groups is 3. The molecule has 1 amide bonds. The highest BCUT2D eigenvalue weighted by Crippen LogP contribution is 2.29. The number of ketones is 1. The van der Waals surface area contributed by atoms with Crippen LogP contribution in [0.15, 0.2) is 0 Å². The molecule has 10 heteroatoms. The minimum atomic E-state index is -1.83. The van der Waals surface area contributed by atoms with E-state index in [1.165, 1.54) is 167 Å². The number of nitrogens with zero attached hydrogens (tertiary/aromatic N) is 1. The third-order valence-electron chi connectivity index (χ3n) is 13.1. The Balaban J connectivity index is 5.45. The van der Waals surface area contributed by atoms with Gasteiger partial charge in [0.1, 0.15) is 0 Å². The summed E-state index contributed by atoms with van der Waals surface area (Å²) in [5.41, 5.74) is 15.4. The van der Waals surface area contributed by atoms with E-state index in [1.54, 1.807) is 0 Å². The number of hydrogen-bond donors (Lipinski definition) is 6. The minimum absolute atomic E-state index is 0.113. The van der Waals surface area contributed by atoms with Crippen molar-refractivity contribution in [3.05, 3.63) is 0 Å². The Labute approximate surface area is 384 Å². The predicted octanol–water partition coefficient (Wildman–Crippen LogP) is 11.5. The molecule has 0 spiro atoms. The van der Waals surface area contributed by atoms with Crippen molar-refractivity contribution < 1.29 is 19.5 Å². The fourth-order valence-corrected chi connectivity index (χ4v) is 9.06. The van der Waals surface area contributed by atoms with Gasteiger partial charge in [0.2, 0.25) is 5.91 Å². The monoisotopic (exact) mass is 879 g/mol. The maximum Gasteiger partial charge on any atom is 0.331 e. The van der Waals surface area contributed by atoms with Crippen LogP contribution in [0.2, 0.25) is 0 Å². The summed E-state index contributed by atoms with van der Waals surface area (Å²) < 4.78 is 0. The smallest absolute Gasteiger partial charge is 0.331 e. The Morgan fingerprint density at radius 1 is 0.500 bits per heavy atom. The molecular formula is C52H106N6O4. The van der Waals surface area contributed by atoms with Crippen LogP contribution in [0.5, 0.6) is 0 Å². The number of unbranched alkanes of at least 4 members (excludes halogenated alkanes) is 30. The number of carboxylic acid groups (broad SMARTS) is 1. The molecule has 0 aromatic carbocycles. The number of carboxylic acids is 1. The summed E-state index contributed by atoms with van der Waals surface area (Å²) in [5, 5.41) is 17.9. The standard InChI is InChI=1S/C52H106N6O4/c1-3-5-7-9-11-13-15-17-19-21-23-25-27-29-31-33-46-58(47-34-32-30-28-26-24-22-20-18-16-14-12-10-8-6-4-2)52(51(61)62,40-39-49(55)59)50(60)48(57-45-37-42-54)38-35-43-56-44-36-41-53/h48,56-57H,3-47,53-54H2,1-2H3,(H2,55,59)(H,61,62)/t48-,52+/m0/s1. The number of hydrogen-bond acceptors (Lipinski definition) is 8. The van der Waals surface area contributed by atoms with Crippen molar-refractivity contribution in [1.29, 1.82) is 0 Å². The van der Waals surface area contributed by atoms with Crippen LogP contribution in [0.1, 0.15) is 258 Å². The van der Waals surface area contributed by atoms with Gasteiger partial charge >= 0.3 is 5.97 Å². The Hall–Kier alpha value is -1.59. The molecule has 10 nitrogen and oxygen atoms in total. The number of aliphatic carboxylic acids is 1. The normalized spacial score (nSPS) is 13.2.